The Morgan fingerprint density at radius 2 is 2.15 bits per heavy atom. The van der Waals surface area contributed by atoms with E-state index in [9.17, 15) is 9.59 Å². The Morgan fingerprint density at radius 3 is 2.80 bits per heavy atom. The molecule has 0 radical (unpaired) electrons. The predicted molar refractivity (Wildman–Crippen MR) is 74.9 cm³/mol. The van der Waals surface area contributed by atoms with E-state index < -0.39 is 12.0 Å². The molecule has 2 N–H and O–H groups in total. The number of amides is 1. The summed E-state index contributed by atoms with van der Waals surface area (Å²) < 4.78 is 5.18. The molecule has 0 bridgehead atoms. The second-order valence-electron chi connectivity index (χ2n) is 4.97. The first-order chi connectivity index (χ1) is 9.66. The number of carbonyl (C=O) groups is 2. The van der Waals surface area contributed by atoms with Crippen LogP contribution in [0.25, 0.3) is 0 Å². The number of esters is 1. The largest absolute Gasteiger partial charge is 0.459 e. The summed E-state index contributed by atoms with van der Waals surface area (Å²) in [6.07, 6.45) is 1.81. The number of nitrogens with one attached hydrogen (secondary N) is 2. The zero-order valence-corrected chi connectivity index (χ0v) is 11.6. The van der Waals surface area contributed by atoms with Gasteiger partial charge in [-0.3, -0.25) is 4.79 Å². The van der Waals surface area contributed by atoms with Gasteiger partial charge >= 0.3 is 5.97 Å². The lowest BCUT2D eigenvalue weighted by Gasteiger charge is -2.16. The van der Waals surface area contributed by atoms with Crippen molar-refractivity contribution in [2.24, 2.45) is 0 Å². The Hall–Kier alpha value is -1.88. The van der Waals surface area contributed by atoms with Crippen LogP contribution < -0.4 is 10.6 Å². The smallest absolute Gasteiger partial charge is 0.328 e. The highest BCUT2D eigenvalue weighted by atomic mass is 16.5. The first-order valence-electron chi connectivity index (χ1n) is 6.91. The van der Waals surface area contributed by atoms with Crippen molar-refractivity contribution in [3.8, 4) is 0 Å². The molecule has 5 nitrogen and oxygen atoms in total. The van der Waals surface area contributed by atoms with Crippen LogP contribution in [0.2, 0.25) is 0 Å². The van der Waals surface area contributed by atoms with Crippen molar-refractivity contribution >= 4 is 11.9 Å². The quantitative estimate of drug-likeness (QED) is 0.787. The minimum atomic E-state index is -0.631. The van der Waals surface area contributed by atoms with Crippen LogP contribution in [0.15, 0.2) is 30.3 Å². The number of hydrogen-bond acceptors (Lipinski definition) is 4. The molecule has 1 aliphatic heterocycles. The molecule has 1 fully saturated rings. The monoisotopic (exact) mass is 276 g/mol. The summed E-state index contributed by atoms with van der Waals surface area (Å²) in [5.74, 6) is -0.549. The van der Waals surface area contributed by atoms with Crippen molar-refractivity contribution < 1.29 is 14.3 Å². The van der Waals surface area contributed by atoms with Crippen LogP contribution in [0.3, 0.4) is 0 Å². The van der Waals surface area contributed by atoms with E-state index in [1.54, 1.807) is 6.92 Å². The van der Waals surface area contributed by atoms with Crippen LogP contribution in [-0.2, 0) is 20.9 Å². The van der Waals surface area contributed by atoms with Gasteiger partial charge in [-0.25, -0.2) is 4.79 Å². The van der Waals surface area contributed by atoms with E-state index in [1.165, 1.54) is 0 Å². The van der Waals surface area contributed by atoms with Gasteiger partial charge in [-0.1, -0.05) is 30.3 Å². The first kappa shape index (κ1) is 14.5. The fourth-order valence-corrected chi connectivity index (χ4v) is 2.13. The normalized spacial score (nSPS) is 19.4. The van der Waals surface area contributed by atoms with E-state index in [-0.39, 0.29) is 18.6 Å². The number of carbonyl (C=O) groups excluding carboxylic acids is 2. The number of hydrogen-bond donors (Lipinski definition) is 2. The van der Waals surface area contributed by atoms with Crippen LogP contribution in [0.1, 0.15) is 25.3 Å². The minimum absolute atomic E-state index is 0.133. The maximum Gasteiger partial charge on any atom is 0.328 e. The maximum atomic E-state index is 11.9. The lowest BCUT2D eigenvalue weighted by atomic mass is 10.2. The summed E-state index contributed by atoms with van der Waals surface area (Å²) in [5, 5.41) is 5.78. The molecule has 0 spiro atoms. The van der Waals surface area contributed by atoms with Gasteiger partial charge in [0.15, 0.2) is 0 Å². The molecule has 1 aromatic rings. The molecule has 0 aliphatic carbocycles. The molecule has 1 aromatic carbocycles. The van der Waals surface area contributed by atoms with E-state index in [0.717, 1.165) is 24.9 Å². The Labute approximate surface area is 118 Å². The van der Waals surface area contributed by atoms with Crippen LogP contribution in [0, 0.1) is 0 Å². The zero-order chi connectivity index (χ0) is 14.4. The van der Waals surface area contributed by atoms with Crippen LogP contribution >= 0.6 is 0 Å². The molecule has 20 heavy (non-hydrogen) atoms. The molecule has 0 unspecified atom stereocenters. The van der Waals surface area contributed by atoms with Crippen molar-refractivity contribution in [2.45, 2.75) is 38.5 Å². The van der Waals surface area contributed by atoms with Gasteiger partial charge in [0.05, 0.1) is 6.04 Å². The molecule has 1 aliphatic rings. The Kier molecular flexibility index (Phi) is 5.12. The summed E-state index contributed by atoms with van der Waals surface area (Å²) in [5.41, 5.74) is 0.928. The molecule has 5 heteroatoms. The van der Waals surface area contributed by atoms with Gasteiger partial charge in [0.1, 0.15) is 12.6 Å². The minimum Gasteiger partial charge on any atom is -0.459 e. The lowest BCUT2D eigenvalue weighted by molar-refractivity contribution is -0.148. The first-order valence-corrected chi connectivity index (χ1v) is 6.91. The molecule has 108 valence electrons. The van der Waals surface area contributed by atoms with E-state index in [2.05, 4.69) is 10.6 Å². The molecule has 2 atom stereocenters. The standard InChI is InChI=1S/C15H20N2O3/c1-11(17-14(18)13-8-5-9-16-13)15(19)20-10-12-6-3-2-4-7-12/h2-4,6-7,11,13,16H,5,8-10H2,1H3,(H,17,18)/t11-,13-/m1/s1. The Balaban J connectivity index is 1.75. The van der Waals surface area contributed by atoms with Crippen LogP contribution in [0.4, 0.5) is 0 Å². The van der Waals surface area contributed by atoms with Crippen molar-refractivity contribution in [2.75, 3.05) is 6.54 Å². The third-order valence-corrected chi connectivity index (χ3v) is 3.31. The second-order valence-corrected chi connectivity index (χ2v) is 4.97. The number of rotatable bonds is 5. The topological polar surface area (TPSA) is 67.4 Å². The Morgan fingerprint density at radius 1 is 1.40 bits per heavy atom. The molecule has 2 rings (SSSR count). The van der Waals surface area contributed by atoms with Crippen molar-refractivity contribution in [3.05, 3.63) is 35.9 Å². The van der Waals surface area contributed by atoms with Gasteiger partial charge in [0.2, 0.25) is 5.91 Å². The van der Waals surface area contributed by atoms with Crippen molar-refractivity contribution in [1.82, 2.24) is 10.6 Å². The fourth-order valence-electron chi connectivity index (χ4n) is 2.13. The zero-order valence-electron chi connectivity index (χ0n) is 11.6. The van der Waals surface area contributed by atoms with Gasteiger partial charge in [0, 0.05) is 0 Å². The molecule has 0 saturated carbocycles. The van der Waals surface area contributed by atoms with Crippen LogP contribution in [-0.4, -0.2) is 30.5 Å². The fraction of sp³-hybridized carbons (Fsp3) is 0.467. The summed E-state index contributed by atoms with van der Waals surface area (Å²) in [7, 11) is 0. The highest BCUT2D eigenvalue weighted by Gasteiger charge is 2.25. The summed E-state index contributed by atoms with van der Waals surface area (Å²) in [6, 6.07) is 8.65. The summed E-state index contributed by atoms with van der Waals surface area (Å²) in [6.45, 7) is 2.71. The summed E-state index contributed by atoms with van der Waals surface area (Å²) >= 11 is 0. The van der Waals surface area contributed by atoms with Gasteiger partial charge in [-0.2, -0.15) is 0 Å². The average Bonchev–Trinajstić information content (AvgIpc) is 3.00. The maximum absolute atomic E-state index is 11.9. The molecular formula is C15H20N2O3. The average molecular weight is 276 g/mol. The Bertz CT molecular complexity index is 455. The van der Waals surface area contributed by atoms with Gasteiger partial charge in [0.25, 0.3) is 0 Å². The van der Waals surface area contributed by atoms with Gasteiger partial charge in [-0.05, 0) is 31.9 Å². The predicted octanol–water partition coefficient (Wildman–Crippen LogP) is 0.986. The molecule has 0 aromatic heterocycles. The third-order valence-electron chi connectivity index (χ3n) is 3.31. The van der Waals surface area contributed by atoms with Gasteiger partial charge in [-0.15, -0.1) is 0 Å². The molecule has 1 heterocycles. The highest BCUT2D eigenvalue weighted by molar-refractivity contribution is 5.87. The number of benzene rings is 1. The highest BCUT2D eigenvalue weighted by Crippen LogP contribution is 2.06. The van der Waals surface area contributed by atoms with Crippen molar-refractivity contribution in [3.63, 3.8) is 0 Å². The second kappa shape index (κ2) is 7.05. The molecule has 1 saturated heterocycles. The van der Waals surface area contributed by atoms with Gasteiger partial charge < -0.3 is 15.4 Å². The van der Waals surface area contributed by atoms with Crippen LogP contribution in [0.5, 0.6) is 0 Å². The van der Waals surface area contributed by atoms with E-state index in [0.29, 0.717) is 0 Å². The number of ether oxygens (including phenoxy) is 1. The van der Waals surface area contributed by atoms with E-state index in [1.807, 2.05) is 30.3 Å². The molecule has 1 amide bonds. The SMILES string of the molecule is C[C@@H](NC(=O)[C@H]1CCCN1)C(=O)OCc1ccccc1. The van der Waals surface area contributed by atoms with E-state index in [4.69, 9.17) is 4.74 Å². The van der Waals surface area contributed by atoms with E-state index >= 15 is 0 Å². The lowest BCUT2D eigenvalue weighted by Crippen LogP contribution is -2.47. The summed E-state index contributed by atoms with van der Waals surface area (Å²) in [4.78, 5) is 23.7. The van der Waals surface area contributed by atoms with Crippen molar-refractivity contribution in [1.29, 1.82) is 0 Å². The molecular weight excluding hydrogens is 256 g/mol. The third kappa shape index (κ3) is 4.06.